The van der Waals surface area contributed by atoms with Crippen molar-refractivity contribution in [3.8, 4) is 5.75 Å². The molecule has 0 fully saturated rings. The van der Waals surface area contributed by atoms with E-state index in [1.807, 2.05) is 30.3 Å². The summed E-state index contributed by atoms with van der Waals surface area (Å²) in [5.41, 5.74) is 2.40. The molecule has 30 heavy (non-hydrogen) atoms. The maximum absolute atomic E-state index is 12.2. The van der Waals surface area contributed by atoms with Gasteiger partial charge in [-0.15, -0.1) is 0 Å². The molecule has 0 aliphatic carbocycles. The van der Waals surface area contributed by atoms with Crippen molar-refractivity contribution in [3.05, 3.63) is 54.1 Å². The van der Waals surface area contributed by atoms with Crippen molar-refractivity contribution in [3.63, 3.8) is 0 Å². The van der Waals surface area contributed by atoms with Crippen LogP contribution in [0.15, 0.2) is 48.5 Å². The summed E-state index contributed by atoms with van der Waals surface area (Å²) in [4.78, 5) is 38.0. The number of fused-ring (bicyclic) bond motifs is 1. The molecular formula is C23H26N2O5. The molecule has 1 N–H and O–H groups in total. The third-order valence-electron chi connectivity index (χ3n) is 5.09. The Bertz CT molecular complexity index is 927. The molecule has 0 bridgehead atoms. The number of amides is 2. The molecule has 0 aromatic heterocycles. The smallest absolute Gasteiger partial charge is 0.308 e. The van der Waals surface area contributed by atoms with E-state index in [4.69, 9.17) is 9.47 Å². The van der Waals surface area contributed by atoms with Crippen molar-refractivity contribution in [2.24, 2.45) is 0 Å². The monoisotopic (exact) mass is 410 g/mol. The predicted molar refractivity (Wildman–Crippen MR) is 114 cm³/mol. The lowest BCUT2D eigenvalue weighted by atomic mass is 9.97. The highest BCUT2D eigenvalue weighted by atomic mass is 16.5. The Hall–Kier alpha value is -3.35. The molecule has 2 aromatic rings. The Balaban J connectivity index is 1.50. The number of nitrogens with one attached hydrogen (secondary N) is 1. The van der Waals surface area contributed by atoms with Crippen molar-refractivity contribution in [2.75, 3.05) is 30.0 Å². The number of esters is 1. The Morgan fingerprint density at radius 1 is 1.17 bits per heavy atom. The normalized spacial score (nSPS) is 13.8. The van der Waals surface area contributed by atoms with Gasteiger partial charge in [0, 0.05) is 12.2 Å². The average molecular weight is 410 g/mol. The van der Waals surface area contributed by atoms with Gasteiger partial charge in [-0.3, -0.25) is 14.4 Å². The van der Waals surface area contributed by atoms with Crippen LogP contribution in [0.2, 0.25) is 0 Å². The lowest BCUT2D eigenvalue weighted by Gasteiger charge is -2.28. The standard InChI is InChI=1S/C23H26N2O5/c1-3-16(2)17-8-4-5-9-18(17)24-21(26)14-30-23(28)12-13-25-19-10-6-7-11-20(19)29-15-22(25)27/h4-11,16H,3,12-15H2,1-2H3,(H,24,26)/t16-/m1/s1. The van der Waals surface area contributed by atoms with E-state index in [1.165, 1.54) is 4.90 Å². The summed E-state index contributed by atoms with van der Waals surface area (Å²) >= 11 is 0. The molecule has 1 heterocycles. The lowest BCUT2D eigenvalue weighted by Crippen LogP contribution is -2.40. The van der Waals surface area contributed by atoms with Gasteiger partial charge in [-0.2, -0.15) is 0 Å². The zero-order valence-electron chi connectivity index (χ0n) is 17.2. The van der Waals surface area contributed by atoms with Crippen LogP contribution >= 0.6 is 0 Å². The Kier molecular flexibility index (Phi) is 7.06. The number of carbonyl (C=O) groups is 3. The van der Waals surface area contributed by atoms with Gasteiger partial charge in [0.25, 0.3) is 11.8 Å². The third-order valence-corrected chi connectivity index (χ3v) is 5.09. The van der Waals surface area contributed by atoms with Crippen LogP contribution in [0.4, 0.5) is 11.4 Å². The van der Waals surface area contributed by atoms with Crippen LogP contribution < -0.4 is 15.0 Å². The quantitative estimate of drug-likeness (QED) is 0.674. The van der Waals surface area contributed by atoms with Crippen LogP contribution in [0.25, 0.3) is 0 Å². The van der Waals surface area contributed by atoms with Crippen molar-refractivity contribution < 1.29 is 23.9 Å². The number of anilines is 2. The largest absolute Gasteiger partial charge is 0.482 e. The van der Waals surface area contributed by atoms with Crippen LogP contribution in [-0.4, -0.2) is 37.5 Å². The molecule has 1 aliphatic heterocycles. The molecule has 3 rings (SSSR count). The summed E-state index contributed by atoms with van der Waals surface area (Å²) in [5.74, 6) is -0.257. The van der Waals surface area contributed by atoms with Gasteiger partial charge in [0.15, 0.2) is 13.2 Å². The van der Waals surface area contributed by atoms with E-state index < -0.39 is 11.9 Å². The van der Waals surface area contributed by atoms with Gasteiger partial charge in [-0.05, 0) is 36.1 Å². The first-order valence-corrected chi connectivity index (χ1v) is 10.1. The van der Waals surface area contributed by atoms with Gasteiger partial charge >= 0.3 is 5.97 Å². The Morgan fingerprint density at radius 3 is 2.70 bits per heavy atom. The van der Waals surface area contributed by atoms with E-state index >= 15 is 0 Å². The summed E-state index contributed by atoms with van der Waals surface area (Å²) in [6.07, 6.45) is 0.933. The van der Waals surface area contributed by atoms with E-state index in [2.05, 4.69) is 19.2 Å². The molecule has 1 atom stereocenters. The van der Waals surface area contributed by atoms with Crippen LogP contribution in [-0.2, 0) is 19.1 Å². The summed E-state index contributed by atoms with van der Waals surface area (Å²) in [6.45, 7) is 3.90. The van der Waals surface area contributed by atoms with Gasteiger partial charge in [0.2, 0.25) is 0 Å². The minimum absolute atomic E-state index is 0.0171. The van der Waals surface area contributed by atoms with Crippen molar-refractivity contribution in [1.82, 2.24) is 0 Å². The number of benzene rings is 2. The molecule has 2 amide bonds. The van der Waals surface area contributed by atoms with E-state index in [9.17, 15) is 14.4 Å². The second kappa shape index (κ2) is 9.91. The summed E-state index contributed by atoms with van der Waals surface area (Å²) in [5, 5.41) is 2.81. The van der Waals surface area contributed by atoms with Gasteiger partial charge in [0.1, 0.15) is 5.75 Å². The molecule has 158 valence electrons. The predicted octanol–water partition coefficient (Wildman–Crippen LogP) is 3.50. The van der Waals surface area contributed by atoms with E-state index in [-0.39, 0.29) is 32.1 Å². The maximum Gasteiger partial charge on any atom is 0.308 e. The number of hydrogen-bond donors (Lipinski definition) is 1. The maximum atomic E-state index is 12.2. The van der Waals surface area contributed by atoms with E-state index in [0.29, 0.717) is 17.4 Å². The molecule has 0 saturated carbocycles. The van der Waals surface area contributed by atoms with Crippen molar-refractivity contribution in [2.45, 2.75) is 32.6 Å². The van der Waals surface area contributed by atoms with E-state index in [1.54, 1.807) is 18.2 Å². The number of carbonyl (C=O) groups excluding carboxylic acids is 3. The van der Waals surface area contributed by atoms with Gasteiger partial charge in [0.05, 0.1) is 12.1 Å². The zero-order valence-corrected chi connectivity index (χ0v) is 17.2. The molecule has 0 spiro atoms. The van der Waals surface area contributed by atoms with Gasteiger partial charge < -0.3 is 19.7 Å². The minimum atomic E-state index is -0.544. The molecule has 0 radical (unpaired) electrons. The lowest BCUT2D eigenvalue weighted by molar-refractivity contribution is -0.147. The van der Waals surface area contributed by atoms with E-state index in [0.717, 1.165) is 17.7 Å². The zero-order chi connectivity index (χ0) is 21.5. The summed E-state index contributed by atoms with van der Waals surface area (Å²) in [6, 6.07) is 14.8. The summed E-state index contributed by atoms with van der Waals surface area (Å²) < 4.78 is 10.5. The molecule has 0 unspecified atom stereocenters. The first-order chi connectivity index (χ1) is 14.5. The van der Waals surface area contributed by atoms with Crippen molar-refractivity contribution in [1.29, 1.82) is 0 Å². The Morgan fingerprint density at radius 2 is 1.90 bits per heavy atom. The number of para-hydroxylation sites is 3. The Labute approximate surface area is 176 Å². The minimum Gasteiger partial charge on any atom is -0.482 e. The number of nitrogens with zero attached hydrogens (tertiary/aromatic N) is 1. The number of ether oxygens (including phenoxy) is 2. The van der Waals surface area contributed by atoms with Crippen LogP contribution in [0.3, 0.4) is 0 Å². The first kappa shape index (κ1) is 21.4. The molecule has 1 aliphatic rings. The van der Waals surface area contributed by atoms with Crippen LogP contribution in [0, 0.1) is 0 Å². The summed E-state index contributed by atoms with van der Waals surface area (Å²) in [7, 11) is 0. The molecule has 0 saturated heterocycles. The van der Waals surface area contributed by atoms with Gasteiger partial charge in [-0.25, -0.2) is 0 Å². The fourth-order valence-electron chi connectivity index (χ4n) is 3.27. The molecular weight excluding hydrogens is 384 g/mol. The second-order valence-corrected chi connectivity index (χ2v) is 7.16. The fourth-order valence-corrected chi connectivity index (χ4v) is 3.27. The third kappa shape index (κ3) is 5.17. The number of hydrogen-bond acceptors (Lipinski definition) is 5. The SMILES string of the molecule is CC[C@@H](C)c1ccccc1NC(=O)COC(=O)CCN1C(=O)COc2ccccc21. The highest BCUT2D eigenvalue weighted by molar-refractivity contribution is 5.98. The highest BCUT2D eigenvalue weighted by Crippen LogP contribution is 2.31. The van der Waals surface area contributed by atoms with Crippen molar-refractivity contribution >= 4 is 29.2 Å². The topological polar surface area (TPSA) is 84.9 Å². The fraction of sp³-hybridized carbons (Fsp3) is 0.348. The average Bonchev–Trinajstić information content (AvgIpc) is 2.77. The van der Waals surface area contributed by atoms with Gasteiger partial charge in [-0.1, -0.05) is 44.2 Å². The van der Waals surface area contributed by atoms with Crippen LogP contribution in [0.5, 0.6) is 5.75 Å². The number of rotatable bonds is 8. The molecule has 7 nitrogen and oxygen atoms in total. The second-order valence-electron chi connectivity index (χ2n) is 7.16. The molecule has 2 aromatic carbocycles. The molecule has 7 heteroatoms. The van der Waals surface area contributed by atoms with Crippen LogP contribution in [0.1, 0.15) is 38.2 Å². The first-order valence-electron chi connectivity index (χ1n) is 10.1. The highest BCUT2D eigenvalue weighted by Gasteiger charge is 2.25.